The number of hydrogen-bond acceptors (Lipinski definition) is 7. The average molecular weight is 519 g/mol. The molecule has 0 atom stereocenters. The van der Waals surface area contributed by atoms with E-state index in [1.54, 1.807) is 0 Å². The Kier molecular flexibility index (Phi) is 5.68. The smallest absolute Gasteiger partial charge is 0.263 e. The molecular formula is C20H12BrFN4O5S. The monoisotopic (exact) mass is 518 g/mol. The van der Waals surface area contributed by atoms with Gasteiger partial charge in [-0.3, -0.25) is 14.1 Å². The molecule has 4 aromatic rings. The van der Waals surface area contributed by atoms with Crippen molar-refractivity contribution in [3.05, 3.63) is 75.4 Å². The first-order valence-electron chi connectivity index (χ1n) is 8.88. The van der Waals surface area contributed by atoms with Gasteiger partial charge in [0, 0.05) is 23.6 Å². The minimum absolute atomic E-state index is 0.0136. The van der Waals surface area contributed by atoms with Crippen molar-refractivity contribution in [1.82, 2.24) is 9.72 Å². The number of pyridine rings is 1. The summed E-state index contributed by atoms with van der Waals surface area (Å²) in [4.78, 5) is 12.6. The van der Waals surface area contributed by atoms with Gasteiger partial charge in [-0.2, -0.15) is 5.26 Å². The van der Waals surface area contributed by atoms with Crippen LogP contribution in [0.4, 0.5) is 10.2 Å². The van der Waals surface area contributed by atoms with Crippen LogP contribution in [0.3, 0.4) is 0 Å². The van der Waals surface area contributed by atoms with Gasteiger partial charge in [0.05, 0.1) is 20.6 Å². The van der Waals surface area contributed by atoms with Crippen molar-refractivity contribution in [2.24, 2.45) is 0 Å². The summed E-state index contributed by atoms with van der Waals surface area (Å²) < 4.78 is 53.2. The first kappa shape index (κ1) is 21.5. The summed E-state index contributed by atoms with van der Waals surface area (Å²) in [6.45, 7) is -0.319. The summed E-state index contributed by atoms with van der Waals surface area (Å²) >= 11 is 3.06. The fourth-order valence-corrected chi connectivity index (χ4v) is 4.37. The van der Waals surface area contributed by atoms with E-state index in [0.29, 0.717) is 10.9 Å². The van der Waals surface area contributed by atoms with E-state index in [9.17, 15) is 17.6 Å². The Labute approximate surface area is 188 Å². The largest absolute Gasteiger partial charge is 0.477 e. The van der Waals surface area contributed by atoms with Crippen LogP contribution in [0.25, 0.3) is 16.6 Å². The summed E-state index contributed by atoms with van der Waals surface area (Å²) in [5.74, 6) is -0.539. The van der Waals surface area contributed by atoms with Gasteiger partial charge in [0.2, 0.25) is 0 Å². The number of fused-ring (bicyclic) bond motifs is 1. The van der Waals surface area contributed by atoms with Crippen LogP contribution in [0.5, 0.6) is 5.75 Å². The van der Waals surface area contributed by atoms with E-state index < -0.39 is 21.4 Å². The Morgan fingerprint density at radius 1 is 1.22 bits per heavy atom. The van der Waals surface area contributed by atoms with E-state index >= 15 is 0 Å². The molecule has 2 aromatic heterocycles. The first-order chi connectivity index (χ1) is 15.3. The van der Waals surface area contributed by atoms with Crippen molar-refractivity contribution in [2.45, 2.75) is 4.90 Å². The predicted molar refractivity (Wildman–Crippen MR) is 116 cm³/mol. The minimum atomic E-state index is -3.98. The maximum Gasteiger partial charge on any atom is 0.263 e. The molecular weight excluding hydrogens is 507 g/mol. The van der Waals surface area contributed by atoms with Crippen LogP contribution in [0.15, 0.2) is 73.5 Å². The molecule has 4 rings (SSSR count). The number of anilines is 1. The van der Waals surface area contributed by atoms with Gasteiger partial charge in [-0.1, -0.05) is 5.16 Å². The Bertz CT molecular complexity index is 1530. The molecule has 0 saturated heterocycles. The maximum absolute atomic E-state index is 14.3. The molecule has 0 amide bonds. The molecule has 0 aliphatic heterocycles. The molecule has 9 nitrogen and oxygen atoms in total. The van der Waals surface area contributed by atoms with Crippen molar-refractivity contribution < 1.29 is 22.1 Å². The van der Waals surface area contributed by atoms with Gasteiger partial charge in [0.25, 0.3) is 15.6 Å². The average Bonchev–Trinajstić information content (AvgIpc) is 3.26. The lowest BCUT2D eigenvalue weighted by molar-refractivity contribution is 0.365. The van der Waals surface area contributed by atoms with Crippen LogP contribution in [-0.4, -0.2) is 24.7 Å². The van der Waals surface area contributed by atoms with Crippen LogP contribution in [0.2, 0.25) is 0 Å². The van der Waals surface area contributed by atoms with Gasteiger partial charge in [0.15, 0.2) is 12.4 Å². The van der Waals surface area contributed by atoms with Crippen molar-refractivity contribution in [3.8, 4) is 17.5 Å². The number of benzene rings is 2. The van der Waals surface area contributed by atoms with Gasteiger partial charge in [0.1, 0.15) is 23.9 Å². The van der Waals surface area contributed by atoms with E-state index in [0.717, 1.165) is 6.07 Å². The molecule has 0 aliphatic carbocycles. The Hall–Kier alpha value is -3.69. The Morgan fingerprint density at radius 2 is 2.03 bits per heavy atom. The van der Waals surface area contributed by atoms with Gasteiger partial charge < -0.3 is 9.26 Å². The maximum atomic E-state index is 14.3. The van der Waals surface area contributed by atoms with Crippen molar-refractivity contribution in [2.75, 3.05) is 11.3 Å². The second-order valence-corrected chi connectivity index (χ2v) is 8.94. The molecule has 0 radical (unpaired) electrons. The molecule has 2 heterocycles. The number of ether oxygens (including phenoxy) is 1. The third-order valence-electron chi connectivity index (χ3n) is 4.39. The van der Waals surface area contributed by atoms with Crippen molar-refractivity contribution in [1.29, 1.82) is 5.26 Å². The molecule has 0 unspecified atom stereocenters. The summed E-state index contributed by atoms with van der Waals surface area (Å²) in [5.41, 5.74) is -0.133. The lowest BCUT2D eigenvalue weighted by atomic mass is 10.2. The molecule has 0 aliphatic rings. The second-order valence-electron chi connectivity index (χ2n) is 6.40. The number of halogens is 2. The van der Waals surface area contributed by atoms with E-state index in [4.69, 9.17) is 10.00 Å². The fourth-order valence-electron chi connectivity index (χ4n) is 3.02. The van der Waals surface area contributed by atoms with Crippen LogP contribution in [0, 0.1) is 17.1 Å². The van der Waals surface area contributed by atoms with E-state index in [-0.39, 0.29) is 33.2 Å². The first-order valence-corrected chi connectivity index (χ1v) is 11.2. The molecule has 0 fully saturated rings. The fraction of sp³-hybridized carbons (Fsp3) is 0.0500. The third kappa shape index (κ3) is 4.08. The summed E-state index contributed by atoms with van der Waals surface area (Å²) in [6, 6.07) is 12.3. The second kappa shape index (κ2) is 8.45. The third-order valence-corrected chi connectivity index (χ3v) is 6.35. The number of nitrogens with one attached hydrogen (secondary N) is 1. The molecule has 2 aromatic carbocycles. The zero-order valence-electron chi connectivity index (χ0n) is 16.0. The zero-order chi connectivity index (χ0) is 22.9. The number of rotatable bonds is 6. The molecule has 32 heavy (non-hydrogen) atoms. The summed E-state index contributed by atoms with van der Waals surface area (Å²) in [7, 11) is -3.98. The van der Waals surface area contributed by atoms with E-state index in [1.807, 2.05) is 6.07 Å². The van der Waals surface area contributed by atoms with Crippen LogP contribution < -0.4 is 15.0 Å². The quantitative estimate of drug-likeness (QED) is 0.413. The minimum Gasteiger partial charge on any atom is -0.477 e. The van der Waals surface area contributed by atoms with Gasteiger partial charge >= 0.3 is 0 Å². The van der Waals surface area contributed by atoms with Crippen molar-refractivity contribution >= 4 is 42.7 Å². The molecule has 12 heteroatoms. The molecule has 0 bridgehead atoms. The van der Waals surface area contributed by atoms with Crippen LogP contribution in [-0.2, 0) is 10.0 Å². The Balaban J connectivity index is 1.88. The van der Waals surface area contributed by atoms with Gasteiger partial charge in [-0.15, -0.1) is 0 Å². The van der Waals surface area contributed by atoms with Crippen LogP contribution in [0.1, 0.15) is 0 Å². The van der Waals surface area contributed by atoms with E-state index in [1.165, 1.54) is 53.3 Å². The normalized spacial score (nSPS) is 11.3. The highest BCUT2D eigenvalue weighted by Crippen LogP contribution is 2.31. The standard InChI is InChI=1S/C20H12BrFN4O5S/c21-14-10-18(30-8-6-23)17(11-15(14)22)26-16-3-2-13(9-12(16)1-4-20(26)27)32(28,29)25-19-5-7-31-24-19/h1-5,7,9-11H,8H2,(H,24,25). The highest BCUT2D eigenvalue weighted by molar-refractivity contribution is 9.10. The van der Waals surface area contributed by atoms with Crippen LogP contribution >= 0.6 is 15.9 Å². The van der Waals surface area contributed by atoms with E-state index in [2.05, 4.69) is 30.3 Å². The summed E-state index contributed by atoms with van der Waals surface area (Å²) in [6.07, 6.45) is 1.22. The summed E-state index contributed by atoms with van der Waals surface area (Å²) in [5, 5.41) is 12.7. The Morgan fingerprint density at radius 3 is 2.75 bits per heavy atom. The van der Waals surface area contributed by atoms with Gasteiger partial charge in [-0.05, 0) is 46.3 Å². The molecule has 0 spiro atoms. The zero-order valence-corrected chi connectivity index (χ0v) is 18.4. The highest BCUT2D eigenvalue weighted by atomic mass is 79.9. The highest BCUT2D eigenvalue weighted by Gasteiger charge is 2.19. The van der Waals surface area contributed by atoms with Crippen molar-refractivity contribution in [3.63, 3.8) is 0 Å². The molecule has 0 saturated carbocycles. The predicted octanol–water partition coefficient (Wildman–Crippen LogP) is 3.58. The number of aromatic nitrogens is 2. The SMILES string of the molecule is N#CCOc1cc(Br)c(F)cc1-n1c(=O)ccc2cc(S(=O)(=O)Nc3ccon3)ccc21. The lowest BCUT2D eigenvalue weighted by Crippen LogP contribution is -2.19. The topological polar surface area (TPSA) is 127 Å². The molecule has 1 N–H and O–H groups in total. The number of hydrogen-bond donors (Lipinski definition) is 1. The lowest BCUT2D eigenvalue weighted by Gasteiger charge is -2.16. The number of nitriles is 1. The molecule has 162 valence electrons. The number of nitrogens with zero attached hydrogens (tertiary/aromatic N) is 3. The van der Waals surface area contributed by atoms with Gasteiger partial charge in [-0.25, -0.2) is 12.8 Å². The number of sulfonamides is 1.